The lowest BCUT2D eigenvalue weighted by Crippen LogP contribution is -2.29. The molecule has 4 nitrogen and oxygen atoms in total. The second-order valence-corrected chi connectivity index (χ2v) is 11.0. The average molecular weight is 492 g/mol. The number of nitrogens with one attached hydrogen (secondary N) is 1. The highest BCUT2D eigenvalue weighted by Crippen LogP contribution is 2.53. The van der Waals surface area contributed by atoms with Crippen molar-refractivity contribution in [1.82, 2.24) is 4.40 Å². The molecular formula is C32H17N3OS. The zero-order chi connectivity index (χ0) is 23.8. The Bertz CT molecular complexity index is 2390. The van der Waals surface area contributed by atoms with E-state index in [0.717, 1.165) is 39.3 Å². The van der Waals surface area contributed by atoms with Crippen LogP contribution in [0.2, 0.25) is 0 Å². The number of aliphatic imine (C=N–C) groups is 1. The molecule has 1 atom stereocenters. The van der Waals surface area contributed by atoms with Crippen LogP contribution in [-0.4, -0.2) is 16.2 Å². The molecule has 1 aliphatic carbocycles. The van der Waals surface area contributed by atoms with Crippen molar-refractivity contribution in [2.45, 2.75) is 6.04 Å². The van der Waals surface area contributed by atoms with Gasteiger partial charge in [-0.25, -0.2) is 4.99 Å². The van der Waals surface area contributed by atoms with Crippen LogP contribution in [0.15, 0.2) is 100 Å². The van der Waals surface area contributed by atoms with Gasteiger partial charge in [0.15, 0.2) is 11.4 Å². The van der Waals surface area contributed by atoms with Gasteiger partial charge in [0.2, 0.25) is 0 Å². The van der Waals surface area contributed by atoms with E-state index in [-0.39, 0.29) is 6.04 Å². The van der Waals surface area contributed by atoms with Gasteiger partial charge in [-0.05, 0) is 18.2 Å². The summed E-state index contributed by atoms with van der Waals surface area (Å²) in [7, 11) is 0. The van der Waals surface area contributed by atoms with Crippen LogP contribution in [0.3, 0.4) is 0 Å². The Hall–Kier alpha value is -4.61. The molecule has 0 fully saturated rings. The molecule has 0 spiro atoms. The summed E-state index contributed by atoms with van der Waals surface area (Å²) in [5, 5.41) is 12.4. The standard InChI is InChI=1S/C32H17N3OS/c1-5-14-22-16(8-1)26-30(36-22)29-24(25-17-9-2-6-15-23(17)37-31(25)26)18-10-7-11-19-27-32(35(29)28(18)19)34-21-13-4-3-12-20(21)33-27/h1-15,20,33H. The second-order valence-electron chi connectivity index (χ2n) is 9.97. The summed E-state index contributed by atoms with van der Waals surface area (Å²) < 4.78 is 11.7. The van der Waals surface area contributed by atoms with Crippen LogP contribution in [0.1, 0.15) is 0 Å². The van der Waals surface area contributed by atoms with E-state index in [1.54, 1.807) is 0 Å². The van der Waals surface area contributed by atoms with Crippen LogP contribution in [0.25, 0.3) is 69.3 Å². The van der Waals surface area contributed by atoms with E-state index in [9.17, 15) is 0 Å². The van der Waals surface area contributed by atoms with E-state index in [4.69, 9.17) is 9.41 Å². The SMILES string of the molecule is C1=CC2=Nc3c(c4cccc5c6c7c8ccccc8sc7c7c8ccccc8oc7c6n3c45)NC2C=C1. The summed E-state index contributed by atoms with van der Waals surface area (Å²) in [6.07, 6.45) is 8.43. The minimum absolute atomic E-state index is 0.0913. The van der Waals surface area contributed by atoms with Gasteiger partial charge in [0.1, 0.15) is 5.58 Å². The largest absolute Gasteiger partial charge is 0.454 e. The molecule has 5 heteroatoms. The van der Waals surface area contributed by atoms with Gasteiger partial charge in [0, 0.05) is 47.1 Å². The summed E-state index contributed by atoms with van der Waals surface area (Å²) in [5.74, 6) is 0.952. The fourth-order valence-electron chi connectivity index (χ4n) is 6.65. The lowest BCUT2D eigenvalue weighted by molar-refractivity contribution is 0.671. The van der Waals surface area contributed by atoms with Crippen LogP contribution >= 0.6 is 11.3 Å². The molecule has 37 heavy (non-hydrogen) atoms. The van der Waals surface area contributed by atoms with Crippen LogP contribution in [0.5, 0.6) is 0 Å². The van der Waals surface area contributed by atoms with E-state index in [1.165, 1.54) is 47.2 Å². The molecule has 4 aromatic carbocycles. The third-order valence-corrected chi connectivity index (χ3v) is 9.30. The molecule has 1 N–H and O–H groups in total. The maximum absolute atomic E-state index is 6.72. The molecule has 10 rings (SSSR count). The molecular weight excluding hydrogens is 474 g/mol. The van der Waals surface area contributed by atoms with Crippen LogP contribution in [0.4, 0.5) is 11.5 Å². The van der Waals surface area contributed by atoms with Gasteiger partial charge in [-0.2, -0.15) is 0 Å². The highest BCUT2D eigenvalue weighted by atomic mass is 32.1. The van der Waals surface area contributed by atoms with Crippen molar-refractivity contribution in [3.8, 4) is 0 Å². The first-order valence-electron chi connectivity index (χ1n) is 12.5. The van der Waals surface area contributed by atoms with Crippen molar-refractivity contribution in [2.24, 2.45) is 4.99 Å². The molecule has 0 amide bonds. The van der Waals surface area contributed by atoms with E-state index in [2.05, 4.69) is 101 Å². The second kappa shape index (κ2) is 6.20. The smallest absolute Gasteiger partial charge is 0.162 e. The Balaban J connectivity index is 1.56. The monoisotopic (exact) mass is 491 g/mol. The topological polar surface area (TPSA) is 41.9 Å². The summed E-state index contributed by atoms with van der Waals surface area (Å²) >= 11 is 1.87. The Labute approximate surface area is 213 Å². The van der Waals surface area contributed by atoms with Crippen molar-refractivity contribution >= 4 is 97.9 Å². The Morgan fingerprint density at radius 1 is 0.784 bits per heavy atom. The summed E-state index contributed by atoms with van der Waals surface area (Å²) in [5.41, 5.74) is 6.29. The van der Waals surface area contributed by atoms with Crippen LogP contribution in [-0.2, 0) is 0 Å². The number of fused-ring (bicyclic) bond motifs is 16. The molecule has 0 saturated carbocycles. The van der Waals surface area contributed by atoms with Crippen molar-refractivity contribution in [2.75, 3.05) is 5.32 Å². The van der Waals surface area contributed by atoms with E-state index >= 15 is 0 Å². The number of rotatable bonds is 0. The Kier molecular flexibility index (Phi) is 3.12. The predicted octanol–water partition coefficient (Wildman–Crippen LogP) is 8.94. The molecule has 1 aliphatic heterocycles. The number of benzene rings is 4. The van der Waals surface area contributed by atoms with Gasteiger partial charge in [-0.3, -0.25) is 4.40 Å². The molecule has 2 aliphatic rings. The number of thiophene rings is 1. The third kappa shape index (κ3) is 2.07. The number of nitrogens with zero attached hydrogens (tertiary/aromatic N) is 2. The highest BCUT2D eigenvalue weighted by molar-refractivity contribution is 7.27. The average Bonchev–Trinajstić information content (AvgIpc) is 3.68. The van der Waals surface area contributed by atoms with Gasteiger partial charge in [0.05, 0.1) is 28.5 Å². The minimum atomic E-state index is 0.0913. The minimum Gasteiger partial charge on any atom is -0.454 e. The molecule has 172 valence electrons. The normalized spacial score (nSPS) is 17.1. The molecule has 0 saturated heterocycles. The summed E-state index contributed by atoms with van der Waals surface area (Å²) in [6, 6.07) is 23.9. The zero-order valence-corrected chi connectivity index (χ0v) is 20.3. The van der Waals surface area contributed by atoms with Crippen molar-refractivity contribution < 1.29 is 4.42 Å². The Morgan fingerprint density at radius 2 is 1.62 bits per heavy atom. The van der Waals surface area contributed by atoms with E-state index < -0.39 is 0 Å². The zero-order valence-electron chi connectivity index (χ0n) is 19.4. The van der Waals surface area contributed by atoms with Gasteiger partial charge >= 0.3 is 0 Å². The maximum Gasteiger partial charge on any atom is 0.162 e. The number of para-hydroxylation sites is 2. The lowest BCUT2D eigenvalue weighted by atomic mass is 10.0. The quantitative estimate of drug-likeness (QED) is 0.230. The summed E-state index contributed by atoms with van der Waals surface area (Å²) in [4.78, 5) is 5.24. The fourth-order valence-corrected chi connectivity index (χ4v) is 7.91. The lowest BCUT2D eigenvalue weighted by Gasteiger charge is -2.23. The highest BCUT2D eigenvalue weighted by Gasteiger charge is 2.31. The predicted molar refractivity (Wildman–Crippen MR) is 157 cm³/mol. The number of aromatic nitrogens is 1. The van der Waals surface area contributed by atoms with Crippen molar-refractivity contribution in [1.29, 1.82) is 0 Å². The number of anilines is 1. The first-order chi connectivity index (χ1) is 18.4. The van der Waals surface area contributed by atoms with Gasteiger partial charge in [0.25, 0.3) is 0 Å². The van der Waals surface area contributed by atoms with Crippen molar-refractivity contribution in [3.05, 3.63) is 91.0 Å². The molecule has 8 aromatic rings. The first-order valence-corrected chi connectivity index (χ1v) is 13.3. The van der Waals surface area contributed by atoms with Crippen LogP contribution in [0, 0.1) is 0 Å². The number of allylic oxidation sites excluding steroid dienone is 2. The molecule has 0 bridgehead atoms. The van der Waals surface area contributed by atoms with Crippen LogP contribution < -0.4 is 5.32 Å². The molecule has 1 unspecified atom stereocenters. The molecule has 0 radical (unpaired) electrons. The van der Waals surface area contributed by atoms with Gasteiger partial charge in [-0.1, -0.05) is 72.8 Å². The number of hydrogen-bond acceptors (Lipinski definition) is 4. The maximum atomic E-state index is 6.72. The fraction of sp³-hybridized carbons (Fsp3) is 0.0312. The van der Waals surface area contributed by atoms with E-state index in [0.29, 0.717) is 0 Å². The first kappa shape index (κ1) is 18.6. The van der Waals surface area contributed by atoms with Gasteiger partial charge < -0.3 is 9.73 Å². The van der Waals surface area contributed by atoms with E-state index in [1.807, 2.05) is 11.3 Å². The number of hydrogen-bond donors (Lipinski definition) is 1. The Morgan fingerprint density at radius 3 is 2.59 bits per heavy atom. The van der Waals surface area contributed by atoms with Gasteiger partial charge in [-0.15, -0.1) is 11.3 Å². The molecule has 5 heterocycles. The summed E-state index contributed by atoms with van der Waals surface area (Å²) in [6.45, 7) is 0. The van der Waals surface area contributed by atoms with Crippen molar-refractivity contribution in [3.63, 3.8) is 0 Å². The number of furan rings is 1. The molecule has 4 aromatic heterocycles. The third-order valence-electron chi connectivity index (χ3n) is 8.11.